The standard InChI is InChI=1S/C10H19N3OS/c1-9(2,3)15-6-7-12-8(13-14-7)10(4,5)11/h6,11H2,1-5H3. The van der Waals surface area contributed by atoms with Crippen molar-refractivity contribution in [2.45, 2.75) is 50.7 Å². The molecule has 0 aromatic carbocycles. The van der Waals surface area contributed by atoms with Crippen LogP contribution >= 0.6 is 11.8 Å². The monoisotopic (exact) mass is 229 g/mol. The van der Waals surface area contributed by atoms with E-state index in [1.165, 1.54) is 0 Å². The Hall–Kier alpha value is -0.550. The zero-order valence-electron chi connectivity index (χ0n) is 10.00. The number of nitrogens with zero attached hydrogens (tertiary/aromatic N) is 2. The Kier molecular flexibility index (Phi) is 3.45. The summed E-state index contributed by atoms with van der Waals surface area (Å²) in [5.74, 6) is 1.93. The van der Waals surface area contributed by atoms with E-state index in [4.69, 9.17) is 10.3 Å². The second kappa shape index (κ2) is 4.14. The van der Waals surface area contributed by atoms with Gasteiger partial charge < -0.3 is 10.3 Å². The first-order chi connectivity index (χ1) is 6.68. The van der Waals surface area contributed by atoms with E-state index in [1.807, 2.05) is 13.8 Å². The van der Waals surface area contributed by atoms with Crippen molar-refractivity contribution in [1.29, 1.82) is 0 Å². The van der Waals surface area contributed by atoms with E-state index in [9.17, 15) is 0 Å². The van der Waals surface area contributed by atoms with Gasteiger partial charge in [0.15, 0.2) is 5.82 Å². The lowest BCUT2D eigenvalue weighted by atomic mass is 10.1. The summed E-state index contributed by atoms with van der Waals surface area (Å²) in [7, 11) is 0. The van der Waals surface area contributed by atoms with Crippen LogP contribution in [0.3, 0.4) is 0 Å². The second-order valence-corrected chi connectivity index (χ2v) is 6.94. The normalized spacial score (nSPS) is 13.2. The topological polar surface area (TPSA) is 64.9 Å². The summed E-state index contributed by atoms with van der Waals surface area (Å²) < 4.78 is 5.33. The molecule has 0 aliphatic heterocycles. The highest BCUT2D eigenvalue weighted by atomic mass is 32.2. The molecule has 0 amide bonds. The average Bonchev–Trinajstić information content (AvgIpc) is 2.45. The van der Waals surface area contributed by atoms with Crippen LogP contribution in [0.2, 0.25) is 0 Å². The molecule has 0 saturated heterocycles. The van der Waals surface area contributed by atoms with E-state index in [0.717, 1.165) is 5.75 Å². The molecule has 0 bridgehead atoms. The lowest BCUT2D eigenvalue weighted by molar-refractivity contribution is 0.369. The van der Waals surface area contributed by atoms with Crippen molar-refractivity contribution in [1.82, 2.24) is 10.1 Å². The summed E-state index contributed by atoms with van der Waals surface area (Å²) in [6, 6.07) is 0. The maximum absolute atomic E-state index is 5.86. The molecule has 4 nitrogen and oxygen atoms in total. The highest BCUT2D eigenvalue weighted by Gasteiger charge is 2.22. The van der Waals surface area contributed by atoms with Crippen LogP contribution < -0.4 is 5.73 Å². The second-order valence-electron chi connectivity index (χ2n) is 5.13. The molecule has 0 aliphatic carbocycles. The van der Waals surface area contributed by atoms with Gasteiger partial charge >= 0.3 is 0 Å². The first kappa shape index (κ1) is 12.5. The van der Waals surface area contributed by atoms with Gasteiger partial charge in [0.25, 0.3) is 0 Å². The minimum absolute atomic E-state index is 0.201. The highest BCUT2D eigenvalue weighted by molar-refractivity contribution is 7.99. The van der Waals surface area contributed by atoms with E-state index in [0.29, 0.717) is 11.7 Å². The lowest BCUT2D eigenvalue weighted by Crippen LogP contribution is -2.30. The minimum atomic E-state index is -0.534. The number of hydrogen-bond acceptors (Lipinski definition) is 5. The molecule has 86 valence electrons. The van der Waals surface area contributed by atoms with Gasteiger partial charge in [-0.3, -0.25) is 0 Å². The Morgan fingerprint density at radius 2 is 1.87 bits per heavy atom. The molecule has 15 heavy (non-hydrogen) atoms. The first-order valence-corrected chi connectivity index (χ1v) is 5.93. The molecule has 1 aromatic heterocycles. The molecule has 2 N–H and O–H groups in total. The predicted molar refractivity (Wildman–Crippen MR) is 62.6 cm³/mol. The SMILES string of the molecule is CC(C)(C)SCc1nc(C(C)(C)N)no1. The third kappa shape index (κ3) is 4.22. The fraction of sp³-hybridized carbons (Fsp3) is 0.800. The van der Waals surface area contributed by atoms with Crippen LogP contribution in [-0.4, -0.2) is 14.9 Å². The number of thioether (sulfide) groups is 1. The molecule has 5 heteroatoms. The minimum Gasteiger partial charge on any atom is -0.338 e. The van der Waals surface area contributed by atoms with Crippen LogP contribution in [0.25, 0.3) is 0 Å². The average molecular weight is 229 g/mol. The summed E-state index contributed by atoms with van der Waals surface area (Å²) in [6.45, 7) is 10.2. The molecular formula is C10H19N3OS. The predicted octanol–water partition coefficient (Wildman–Crippen LogP) is 2.30. The van der Waals surface area contributed by atoms with E-state index in [-0.39, 0.29) is 4.75 Å². The van der Waals surface area contributed by atoms with Crippen molar-refractivity contribution < 1.29 is 4.52 Å². The zero-order valence-corrected chi connectivity index (χ0v) is 10.8. The van der Waals surface area contributed by atoms with Crippen molar-refractivity contribution >= 4 is 11.8 Å². The fourth-order valence-electron chi connectivity index (χ4n) is 0.853. The van der Waals surface area contributed by atoms with Gasteiger partial charge in [0, 0.05) is 4.75 Å². The molecule has 1 heterocycles. The van der Waals surface area contributed by atoms with Crippen molar-refractivity contribution in [3.63, 3.8) is 0 Å². The van der Waals surface area contributed by atoms with E-state index in [2.05, 4.69) is 30.9 Å². The van der Waals surface area contributed by atoms with E-state index in [1.54, 1.807) is 11.8 Å². The molecule has 1 aromatic rings. The van der Waals surface area contributed by atoms with Gasteiger partial charge in [0.2, 0.25) is 5.89 Å². The molecule has 1 rings (SSSR count). The maximum atomic E-state index is 5.86. The van der Waals surface area contributed by atoms with Gasteiger partial charge in [0.05, 0.1) is 11.3 Å². The number of rotatable bonds is 3. The number of nitrogens with two attached hydrogens (primary N) is 1. The van der Waals surface area contributed by atoms with Crippen molar-refractivity contribution in [3.05, 3.63) is 11.7 Å². The van der Waals surface area contributed by atoms with Gasteiger partial charge in [-0.05, 0) is 13.8 Å². The highest BCUT2D eigenvalue weighted by Crippen LogP contribution is 2.26. The summed E-state index contributed by atoms with van der Waals surface area (Å²) in [5, 5.41) is 3.86. The van der Waals surface area contributed by atoms with Crippen LogP contribution in [0.5, 0.6) is 0 Å². The lowest BCUT2D eigenvalue weighted by Gasteiger charge is -2.15. The van der Waals surface area contributed by atoms with E-state index >= 15 is 0 Å². The smallest absolute Gasteiger partial charge is 0.236 e. The summed E-state index contributed by atoms with van der Waals surface area (Å²) in [5.41, 5.74) is 5.33. The Morgan fingerprint density at radius 1 is 1.27 bits per heavy atom. The van der Waals surface area contributed by atoms with E-state index < -0.39 is 5.54 Å². The molecule has 0 spiro atoms. The quantitative estimate of drug-likeness (QED) is 0.861. The third-order valence-corrected chi connectivity index (χ3v) is 2.93. The molecule has 0 radical (unpaired) electrons. The fourth-order valence-corrected chi connectivity index (χ4v) is 1.53. The number of aromatic nitrogens is 2. The summed E-state index contributed by atoms with van der Waals surface area (Å²) >= 11 is 1.77. The van der Waals surface area contributed by atoms with Crippen LogP contribution in [0.1, 0.15) is 46.3 Å². The van der Waals surface area contributed by atoms with Gasteiger partial charge in [-0.1, -0.05) is 25.9 Å². The summed E-state index contributed by atoms with van der Waals surface area (Å²) in [6.07, 6.45) is 0. The van der Waals surface area contributed by atoms with Gasteiger partial charge in [-0.2, -0.15) is 4.98 Å². The summed E-state index contributed by atoms with van der Waals surface area (Å²) in [4.78, 5) is 4.26. The Morgan fingerprint density at radius 3 is 2.27 bits per heavy atom. The molecular weight excluding hydrogens is 210 g/mol. The Bertz CT molecular complexity index is 322. The van der Waals surface area contributed by atoms with Gasteiger partial charge in [-0.25, -0.2) is 0 Å². The Labute approximate surface area is 95.0 Å². The number of hydrogen-bond donors (Lipinski definition) is 1. The maximum Gasteiger partial charge on any atom is 0.236 e. The molecule has 0 aliphatic rings. The van der Waals surface area contributed by atoms with Crippen LogP contribution in [0.4, 0.5) is 0 Å². The van der Waals surface area contributed by atoms with Gasteiger partial charge in [0.1, 0.15) is 0 Å². The molecule has 0 saturated carbocycles. The third-order valence-electron chi connectivity index (χ3n) is 1.67. The van der Waals surface area contributed by atoms with Gasteiger partial charge in [-0.15, -0.1) is 11.8 Å². The van der Waals surface area contributed by atoms with Crippen molar-refractivity contribution in [2.75, 3.05) is 0 Å². The van der Waals surface area contributed by atoms with Crippen LogP contribution in [-0.2, 0) is 11.3 Å². The Balaban J connectivity index is 2.62. The molecule has 0 fully saturated rings. The van der Waals surface area contributed by atoms with Crippen molar-refractivity contribution in [2.24, 2.45) is 5.73 Å². The first-order valence-electron chi connectivity index (χ1n) is 4.94. The van der Waals surface area contributed by atoms with Crippen LogP contribution in [0, 0.1) is 0 Å². The van der Waals surface area contributed by atoms with Crippen LogP contribution in [0.15, 0.2) is 4.52 Å². The molecule has 0 atom stereocenters. The molecule has 0 unspecified atom stereocenters. The zero-order chi connectivity index (χ0) is 11.7. The van der Waals surface area contributed by atoms with Crippen molar-refractivity contribution in [3.8, 4) is 0 Å². The largest absolute Gasteiger partial charge is 0.338 e.